The van der Waals surface area contributed by atoms with Gasteiger partial charge >= 0.3 is 6.18 Å². The summed E-state index contributed by atoms with van der Waals surface area (Å²) in [5.41, 5.74) is 1.97. The Kier molecular flexibility index (Phi) is 5.06. The van der Waals surface area contributed by atoms with Crippen LogP contribution in [0.4, 0.5) is 13.2 Å². The highest BCUT2D eigenvalue weighted by molar-refractivity contribution is 9.10. The maximum Gasteiger partial charge on any atom is 0.443 e. The van der Waals surface area contributed by atoms with Gasteiger partial charge in [0.25, 0.3) is 0 Å². The lowest BCUT2D eigenvalue weighted by Crippen LogP contribution is -2.21. The summed E-state index contributed by atoms with van der Waals surface area (Å²) in [5, 5.41) is 2.42. The zero-order valence-corrected chi connectivity index (χ0v) is 13.9. The summed E-state index contributed by atoms with van der Waals surface area (Å²) in [6.07, 6.45) is -3.09. The molecule has 2 nitrogen and oxygen atoms in total. The van der Waals surface area contributed by atoms with Gasteiger partial charge in [0, 0.05) is 15.5 Å². The van der Waals surface area contributed by atoms with Gasteiger partial charge in [-0.05, 0) is 36.7 Å². The minimum absolute atomic E-state index is 0.281. The van der Waals surface area contributed by atoms with E-state index in [1.54, 1.807) is 0 Å². The largest absolute Gasteiger partial charge is 0.443 e. The average Bonchev–Trinajstić information content (AvgIpc) is 2.86. The molecular formula is C14H14BrF3N2S. The van der Waals surface area contributed by atoms with Crippen LogP contribution in [0.1, 0.15) is 34.0 Å². The molecule has 114 valence electrons. The van der Waals surface area contributed by atoms with Crippen molar-refractivity contribution in [1.29, 1.82) is 0 Å². The van der Waals surface area contributed by atoms with E-state index in [0.29, 0.717) is 22.8 Å². The first-order chi connectivity index (χ1) is 9.82. The number of nitrogens with one attached hydrogen (secondary N) is 1. The van der Waals surface area contributed by atoms with Gasteiger partial charge in [0.2, 0.25) is 0 Å². The first-order valence-corrected chi connectivity index (χ1v) is 7.96. The Morgan fingerprint density at radius 1 is 1.38 bits per heavy atom. The summed E-state index contributed by atoms with van der Waals surface area (Å²) in [5.74, 6) is 0. The number of halogens is 4. The van der Waals surface area contributed by atoms with Crippen LogP contribution in [0.15, 0.2) is 28.9 Å². The van der Waals surface area contributed by atoms with E-state index in [4.69, 9.17) is 0 Å². The van der Waals surface area contributed by atoms with Crippen molar-refractivity contribution >= 4 is 27.3 Å². The second-order valence-corrected chi connectivity index (χ2v) is 6.54. The van der Waals surface area contributed by atoms with Crippen molar-refractivity contribution in [2.24, 2.45) is 0 Å². The maximum absolute atomic E-state index is 12.7. The zero-order valence-electron chi connectivity index (χ0n) is 11.5. The fourth-order valence-electron chi connectivity index (χ4n) is 2.08. The molecule has 0 aliphatic rings. The number of aryl methyl sites for hydroxylation is 1. The van der Waals surface area contributed by atoms with E-state index < -0.39 is 11.2 Å². The van der Waals surface area contributed by atoms with Crippen LogP contribution >= 0.6 is 27.3 Å². The normalized spacial score (nSPS) is 13.4. The van der Waals surface area contributed by atoms with Gasteiger partial charge in [-0.15, -0.1) is 11.3 Å². The second-order valence-electron chi connectivity index (χ2n) is 4.56. The van der Waals surface area contributed by atoms with Crippen molar-refractivity contribution in [2.45, 2.75) is 26.1 Å². The van der Waals surface area contributed by atoms with Gasteiger partial charge in [-0.2, -0.15) is 13.2 Å². The van der Waals surface area contributed by atoms with Gasteiger partial charge < -0.3 is 5.32 Å². The molecule has 2 rings (SSSR count). The fraction of sp³-hybridized carbons (Fsp3) is 0.357. The van der Waals surface area contributed by atoms with Crippen LogP contribution in [0, 0.1) is 6.92 Å². The molecule has 0 fully saturated rings. The van der Waals surface area contributed by atoms with Crippen LogP contribution in [0.3, 0.4) is 0 Å². The molecule has 0 radical (unpaired) electrons. The first-order valence-electron chi connectivity index (χ1n) is 6.35. The Labute approximate surface area is 133 Å². The third kappa shape index (κ3) is 3.84. The number of rotatable bonds is 4. The van der Waals surface area contributed by atoms with Gasteiger partial charge in [0.05, 0.1) is 6.04 Å². The highest BCUT2D eigenvalue weighted by Gasteiger charge is 2.35. The Hall–Kier alpha value is -0.920. The summed E-state index contributed by atoms with van der Waals surface area (Å²) in [4.78, 5) is 4.07. The lowest BCUT2D eigenvalue weighted by atomic mass is 10.0. The quantitative estimate of drug-likeness (QED) is 0.815. The minimum Gasteiger partial charge on any atom is -0.306 e. The molecule has 2 aromatic rings. The lowest BCUT2D eigenvalue weighted by Gasteiger charge is -2.19. The SMILES string of the molecule is CCNC(c1cnc(C(F)(F)F)s1)c1ccc(Br)cc1C. The van der Waals surface area contributed by atoms with Gasteiger partial charge in [-0.1, -0.05) is 28.9 Å². The molecule has 0 saturated heterocycles. The number of thiazole rings is 1. The third-order valence-corrected chi connectivity index (χ3v) is 4.60. The molecule has 1 heterocycles. The van der Waals surface area contributed by atoms with Crippen molar-refractivity contribution in [2.75, 3.05) is 6.54 Å². The monoisotopic (exact) mass is 378 g/mol. The molecule has 21 heavy (non-hydrogen) atoms. The van der Waals surface area contributed by atoms with E-state index in [0.717, 1.165) is 15.6 Å². The summed E-state index contributed by atoms with van der Waals surface area (Å²) < 4.78 is 39.1. The Morgan fingerprint density at radius 2 is 2.10 bits per heavy atom. The second kappa shape index (κ2) is 6.46. The number of hydrogen-bond acceptors (Lipinski definition) is 3. The molecule has 1 N–H and O–H groups in total. The van der Waals surface area contributed by atoms with Crippen LogP contribution in [0.5, 0.6) is 0 Å². The van der Waals surface area contributed by atoms with Crippen molar-refractivity contribution < 1.29 is 13.2 Å². The highest BCUT2D eigenvalue weighted by atomic mass is 79.9. The molecule has 0 spiro atoms. The van der Waals surface area contributed by atoms with Gasteiger partial charge in [0.1, 0.15) is 0 Å². The lowest BCUT2D eigenvalue weighted by molar-refractivity contribution is -0.137. The smallest absolute Gasteiger partial charge is 0.306 e. The number of aromatic nitrogens is 1. The minimum atomic E-state index is -4.39. The summed E-state index contributed by atoms with van der Waals surface area (Å²) in [6, 6.07) is 5.47. The van der Waals surface area contributed by atoms with E-state index in [-0.39, 0.29) is 6.04 Å². The maximum atomic E-state index is 12.7. The number of nitrogens with zero attached hydrogens (tertiary/aromatic N) is 1. The Balaban J connectivity index is 2.41. The Morgan fingerprint density at radius 3 is 2.62 bits per heavy atom. The van der Waals surface area contributed by atoms with E-state index in [2.05, 4.69) is 26.2 Å². The molecule has 0 saturated carbocycles. The molecule has 0 amide bonds. The highest BCUT2D eigenvalue weighted by Crippen LogP contribution is 2.36. The summed E-state index contributed by atoms with van der Waals surface area (Å²) in [6.45, 7) is 4.52. The van der Waals surface area contributed by atoms with Crippen molar-refractivity contribution in [3.05, 3.63) is 49.9 Å². The van der Waals surface area contributed by atoms with Crippen LogP contribution in [-0.4, -0.2) is 11.5 Å². The van der Waals surface area contributed by atoms with Crippen LogP contribution in [0.2, 0.25) is 0 Å². The van der Waals surface area contributed by atoms with Crippen molar-refractivity contribution in [1.82, 2.24) is 10.3 Å². The van der Waals surface area contributed by atoms with Gasteiger partial charge in [-0.3, -0.25) is 0 Å². The molecule has 1 aromatic heterocycles. The predicted molar refractivity (Wildman–Crippen MR) is 81.5 cm³/mol. The molecule has 7 heteroatoms. The summed E-state index contributed by atoms with van der Waals surface area (Å²) in [7, 11) is 0. The molecule has 0 aliphatic heterocycles. The number of hydrogen-bond donors (Lipinski definition) is 1. The third-order valence-electron chi connectivity index (χ3n) is 3.00. The molecule has 1 unspecified atom stereocenters. The van der Waals surface area contributed by atoms with E-state index in [9.17, 15) is 13.2 Å². The number of benzene rings is 1. The van der Waals surface area contributed by atoms with Crippen molar-refractivity contribution in [3.63, 3.8) is 0 Å². The number of alkyl halides is 3. The molecule has 1 atom stereocenters. The van der Waals surface area contributed by atoms with Gasteiger partial charge in [0.15, 0.2) is 5.01 Å². The topological polar surface area (TPSA) is 24.9 Å². The van der Waals surface area contributed by atoms with Gasteiger partial charge in [-0.25, -0.2) is 4.98 Å². The molecular weight excluding hydrogens is 365 g/mol. The van der Waals surface area contributed by atoms with Crippen LogP contribution < -0.4 is 5.32 Å². The van der Waals surface area contributed by atoms with Crippen LogP contribution in [-0.2, 0) is 6.18 Å². The summed E-state index contributed by atoms with van der Waals surface area (Å²) >= 11 is 4.08. The van der Waals surface area contributed by atoms with E-state index in [1.807, 2.05) is 32.0 Å². The first kappa shape index (κ1) is 16.5. The van der Waals surface area contributed by atoms with Crippen molar-refractivity contribution in [3.8, 4) is 0 Å². The van der Waals surface area contributed by atoms with E-state index in [1.165, 1.54) is 6.20 Å². The fourth-order valence-corrected chi connectivity index (χ4v) is 3.44. The zero-order chi connectivity index (χ0) is 15.6. The molecule has 0 aliphatic carbocycles. The predicted octanol–water partition coefficient (Wildman–Crippen LogP) is 4.93. The Bertz CT molecular complexity index is 625. The average molecular weight is 379 g/mol. The molecule has 1 aromatic carbocycles. The van der Waals surface area contributed by atoms with Crippen LogP contribution in [0.25, 0.3) is 0 Å². The molecule has 0 bridgehead atoms. The van der Waals surface area contributed by atoms with E-state index >= 15 is 0 Å². The standard InChI is InChI=1S/C14H14BrF3N2S/c1-3-19-12(10-5-4-9(15)6-8(10)2)11-7-20-13(21-11)14(16,17)18/h4-7,12,19H,3H2,1-2H3.